The Morgan fingerprint density at radius 1 is 1.09 bits per heavy atom. The number of carbonyl (C=O) groups is 3. The molecule has 1 aliphatic carbocycles. The minimum absolute atomic E-state index is 0.0586. The van der Waals surface area contributed by atoms with Gasteiger partial charge in [0, 0.05) is 36.3 Å². The first-order chi connectivity index (χ1) is 21.2. The molecule has 1 saturated heterocycles. The fourth-order valence-electron chi connectivity index (χ4n) is 4.65. The summed E-state index contributed by atoms with van der Waals surface area (Å²) in [6.07, 6.45) is 5.23. The number of carbonyl (C=O) groups excluding carboxylic acids is 1. The van der Waals surface area contributed by atoms with Crippen molar-refractivity contribution in [3.05, 3.63) is 54.0 Å². The van der Waals surface area contributed by atoms with Gasteiger partial charge in [-0.25, -0.2) is 27.4 Å². The van der Waals surface area contributed by atoms with Crippen LogP contribution >= 0.6 is 0 Å². The van der Waals surface area contributed by atoms with E-state index >= 15 is 0 Å². The monoisotopic (exact) mass is 646 g/mol. The van der Waals surface area contributed by atoms with E-state index in [0.717, 1.165) is 18.4 Å². The first-order valence-corrected chi connectivity index (χ1v) is 15.6. The lowest BCUT2D eigenvalue weighted by Crippen LogP contribution is -2.42. The van der Waals surface area contributed by atoms with E-state index in [1.54, 1.807) is 50.3 Å². The predicted molar refractivity (Wildman–Crippen MR) is 161 cm³/mol. The van der Waals surface area contributed by atoms with Crippen molar-refractivity contribution in [3.63, 3.8) is 0 Å². The molecule has 1 aliphatic heterocycles. The van der Waals surface area contributed by atoms with Crippen molar-refractivity contribution in [3.8, 4) is 0 Å². The summed E-state index contributed by atoms with van der Waals surface area (Å²) in [6.45, 7) is 2.35. The summed E-state index contributed by atoms with van der Waals surface area (Å²) in [4.78, 5) is 37.1. The number of likely N-dealkylation sites (N-methyl/N-ethyl adjacent to an activating group) is 1. The minimum atomic E-state index is -3.86. The van der Waals surface area contributed by atoms with E-state index in [1.165, 1.54) is 10.4 Å². The molecule has 0 amide bonds. The van der Waals surface area contributed by atoms with Gasteiger partial charge >= 0.3 is 17.9 Å². The van der Waals surface area contributed by atoms with Crippen LogP contribution in [0.2, 0.25) is 0 Å². The molecular formula is C29H35FN6O8S. The smallest absolute Gasteiger partial charge is 0.328 e. The molecule has 45 heavy (non-hydrogen) atoms. The van der Waals surface area contributed by atoms with E-state index in [2.05, 4.69) is 10.3 Å². The quantitative estimate of drug-likeness (QED) is 0.217. The van der Waals surface area contributed by atoms with Crippen LogP contribution in [0.4, 0.5) is 15.9 Å². The van der Waals surface area contributed by atoms with E-state index in [0.29, 0.717) is 47.4 Å². The molecule has 1 saturated carbocycles. The van der Waals surface area contributed by atoms with Crippen molar-refractivity contribution in [2.45, 2.75) is 49.8 Å². The number of nitrogens with zero attached hydrogens (tertiary/aromatic N) is 5. The third-order valence-electron chi connectivity index (χ3n) is 7.00. The van der Waals surface area contributed by atoms with Gasteiger partial charge in [0.2, 0.25) is 0 Å². The highest BCUT2D eigenvalue weighted by Gasteiger charge is 2.33. The van der Waals surface area contributed by atoms with Gasteiger partial charge in [-0.3, -0.25) is 14.4 Å². The van der Waals surface area contributed by atoms with Gasteiger partial charge in [0.15, 0.2) is 10.8 Å². The molecule has 5 rings (SSSR count). The zero-order chi connectivity index (χ0) is 32.9. The van der Waals surface area contributed by atoms with Gasteiger partial charge in [-0.15, -0.1) is 0 Å². The van der Waals surface area contributed by atoms with Crippen LogP contribution in [-0.4, -0.2) is 100 Å². The van der Waals surface area contributed by atoms with Crippen LogP contribution in [0.15, 0.2) is 47.6 Å². The first kappa shape index (κ1) is 33.5. The fraction of sp³-hybridized carbons (Fsp3) is 0.414. The Kier molecular flexibility index (Phi) is 10.5. The number of benzene rings is 1. The predicted octanol–water partition coefficient (Wildman–Crippen LogP) is 2.93. The van der Waals surface area contributed by atoms with Crippen molar-refractivity contribution in [2.24, 2.45) is 0 Å². The molecule has 0 spiro atoms. The molecule has 0 unspecified atom stereocenters. The molecule has 2 fully saturated rings. The number of halogens is 1. The molecule has 3 N–H and O–H groups in total. The summed E-state index contributed by atoms with van der Waals surface area (Å²) in [7, 11) is -0.287. The number of carboxylic acids is 2. The lowest BCUT2D eigenvalue weighted by atomic mass is 10.1. The second-order valence-electron chi connectivity index (χ2n) is 11.0. The number of aromatic nitrogens is 3. The number of piperidine rings is 1. The maximum absolute atomic E-state index is 13.8. The number of aliphatic carboxylic acids is 2. The lowest BCUT2D eigenvalue weighted by molar-refractivity contribution is -0.151. The van der Waals surface area contributed by atoms with Crippen LogP contribution < -0.4 is 5.32 Å². The number of nitrogens with one attached hydrogen (secondary N) is 1. The molecule has 14 nitrogen and oxygen atoms in total. The summed E-state index contributed by atoms with van der Waals surface area (Å²) in [5.41, 5.74) is 1.90. The lowest BCUT2D eigenvalue weighted by Gasteiger charge is -2.30. The molecular weight excluding hydrogens is 611 g/mol. The Morgan fingerprint density at radius 2 is 1.73 bits per heavy atom. The Labute approximate surface area is 259 Å². The standard InChI is InChI=1S/C25H31FN6O4S.C4H4O4/c1-16-12-17(4-7-21(16)26)28-25-20-13-23(27-14-22(20)32(29-25)18-5-6-18)37(34,35)31-10-8-19(9-11-31)36-24(33)15-30(2)3;5-3(6)1-2-4(7)8/h4,7,12-14,18-19H,5-6,8-11,15H2,1-3H3,(H,28,29);1-2H,(H,5,6)(H,7,8)/b;2-1-. The highest BCUT2D eigenvalue weighted by Crippen LogP contribution is 2.39. The summed E-state index contributed by atoms with van der Waals surface area (Å²) in [5, 5.41) is 24.1. The molecule has 0 radical (unpaired) electrons. The second kappa shape index (κ2) is 14.1. The number of carboxylic acid groups (broad SMARTS) is 2. The minimum Gasteiger partial charge on any atom is -0.478 e. The Bertz CT molecular complexity index is 1700. The average Bonchev–Trinajstić information content (AvgIpc) is 3.76. The zero-order valence-electron chi connectivity index (χ0n) is 25.0. The number of pyridine rings is 1. The third-order valence-corrected chi connectivity index (χ3v) is 8.79. The highest BCUT2D eigenvalue weighted by atomic mass is 32.2. The summed E-state index contributed by atoms with van der Waals surface area (Å²) >= 11 is 0. The number of anilines is 2. The number of sulfonamides is 1. The van der Waals surface area contributed by atoms with E-state index in [4.69, 9.17) is 20.0 Å². The molecule has 2 aliphatic rings. The molecule has 1 aromatic carbocycles. The van der Waals surface area contributed by atoms with Gasteiger partial charge < -0.3 is 20.3 Å². The van der Waals surface area contributed by atoms with Gasteiger partial charge in [0.1, 0.15) is 11.9 Å². The van der Waals surface area contributed by atoms with Crippen molar-refractivity contribution < 1.29 is 42.1 Å². The highest BCUT2D eigenvalue weighted by molar-refractivity contribution is 7.89. The van der Waals surface area contributed by atoms with Crippen molar-refractivity contribution in [1.29, 1.82) is 0 Å². The summed E-state index contributed by atoms with van der Waals surface area (Å²) in [5.74, 6) is -2.63. The van der Waals surface area contributed by atoms with Crippen LogP contribution in [0.5, 0.6) is 0 Å². The van der Waals surface area contributed by atoms with E-state index in [9.17, 15) is 27.2 Å². The van der Waals surface area contributed by atoms with Crippen molar-refractivity contribution in [1.82, 2.24) is 24.0 Å². The van der Waals surface area contributed by atoms with Gasteiger partial charge in [-0.2, -0.15) is 9.40 Å². The molecule has 3 aromatic rings. The van der Waals surface area contributed by atoms with Crippen LogP contribution in [0.1, 0.15) is 37.3 Å². The van der Waals surface area contributed by atoms with Crippen LogP contribution in [0.3, 0.4) is 0 Å². The number of rotatable bonds is 10. The number of ether oxygens (including phenoxy) is 1. The molecule has 2 aromatic heterocycles. The number of esters is 1. The van der Waals surface area contributed by atoms with E-state index in [1.807, 2.05) is 4.68 Å². The maximum Gasteiger partial charge on any atom is 0.328 e. The topological polar surface area (TPSA) is 184 Å². The molecule has 3 heterocycles. The average molecular weight is 647 g/mol. The molecule has 0 bridgehead atoms. The number of hydrogen-bond acceptors (Lipinski definition) is 10. The summed E-state index contributed by atoms with van der Waals surface area (Å²) < 4.78 is 49.4. The second-order valence-corrected chi connectivity index (χ2v) is 12.9. The fourth-order valence-corrected chi connectivity index (χ4v) is 6.06. The Hall–Kier alpha value is -4.41. The third kappa shape index (κ3) is 8.83. The molecule has 0 atom stereocenters. The number of aryl methyl sites for hydroxylation is 1. The normalized spacial score (nSPS) is 16.0. The Balaban J connectivity index is 0.000000510. The van der Waals surface area contributed by atoms with Gasteiger partial charge in [0.25, 0.3) is 10.0 Å². The number of fused-ring (bicyclic) bond motifs is 1. The van der Waals surface area contributed by atoms with Crippen LogP contribution in [-0.2, 0) is 29.1 Å². The van der Waals surface area contributed by atoms with Crippen LogP contribution in [0, 0.1) is 12.7 Å². The van der Waals surface area contributed by atoms with E-state index in [-0.39, 0.29) is 48.6 Å². The van der Waals surface area contributed by atoms with E-state index < -0.39 is 22.0 Å². The van der Waals surface area contributed by atoms with Gasteiger partial charge in [-0.05, 0) is 76.5 Å². The molecule has 16 heteroatoms. The Morgan fingerprint density at radius 3 is 2.29 bits per heavy atom. The number of hydrogen-bond donors (Lipinski definition) is 3. The SMILES string of the molecule is Cc1cc(Nc2nn(C3CC3)c3cnc(S(=O)(=O)N4CCC(OC(=O)CN(C)C)CC4)cc23)ccc1F.O=C(O)/C=C\C(=O)O. The van der Waals surface area contributed by atoms with Gasteiger partial charge in [-0.1, -0.05) is 0 Å². The first-order valence-electron chi connectivity index (χ1n) is 14.1. The van der Waals surface area contributed by atoms with Crippen molar-refractivity contribution in [2.75, 3.05) is 39.0 Å². The van der Waals surface area contributed by atoms with Gasteiger partial charge in [0.05, 0.1) is 24.3 Å². The van der Waals surface area contributed by atoms with Crippen molar-refractivity contribution >= 4 is 50.3 Å². The van der Waals surface area contributed by atoms with Crippen LogP contribution in [0.25, 0.3) is 10.9 Å². The zero-order valence-corrected chi connectivity index (χ0v) is 25.8. The molecule has 242 valence electrons. The largest absolute Gasteiger partial charge is 0.478 e. The maximum atomic E-state index is 13.8. The summed E-state index contributed by atoms with van der Waals surface area (Å²) in [6, 6.07) is 6.51.